The maximum Gasteiger partial charge on any atom is 0.313 e. The quantitative estimate of drug-likeness (QED) is 0.807. The van der Waals surface area contributed by atoms with Crippen LogP contribution in [-0.4, -0.2) is 26.0 Å². The first kappa shape index (κ1) is 19.3. The van der Waals surface area contributed by atoms with E-state index in [0.29, 0.717) is 17.2 Å². The van der Waals surface area contributed by atoms with Gasteiger partial charge in [0.2, 0.25) is 0 Å². The molecule has 6 nitrogen and oxygen atoms in total. The molecule has 0 spiro atoms. The van der Waals surface area contributed by atoms with E-state index in [1.807, 2.05) is 26.0 Å². The Morgan fingerprint density at radius 1 is 0.962 bits per heavy atom. The van der Waals surface area contributed by atoms with Crippen LogP contribution in [0, 0.1) is 13.8 Å². The fourth-order valence-corrected chi connectivity index (χ4v) is 2.65. The SMILES string of the molecule is COc1ccc(C(C)NC(=O)C(=O)Nc2ccc(C)cc2C)c(OC)c1. The van der Waals surface area contributed by atoms with Crippen molar-refractivity contribution in [1.82, 2.24) is 5.32 Å². The van der Waals surface area contributed by atoms with Crippen LogP contribution in [-0.2, 0) is 9.59 Å². The van der Waals surface area contributed by atoms with Gasteiger partial charge in [-0.2, -0.15) is 0 Å². The number of ether oxygens (including phenoxy) is 2. The van der Waals surface area contributed by atoms with Crippen molar-refractivity contribution >= 4 is 17.5 Å². The Morgan fingerprint density at radius 3 is 2.31 bits per heavy atom. The van der Waals surface area contributed by atoms with Crippen LogP contribution >= 0.6 is 0 Å². The van der Waals surface area contributed by atoms with E-state index in [2.05, 4.69) is 10.6 Å². The number of hydrogen-bond acceptors (Lipinski definition) is 4. The number of hydrogen-bond donors (Lipinski definition) is 2. The van der Waals surface area contributed by atoms with Crippen molar-refractivity contribution < 1.29 is 19.1 Å². The number of carbonyl (C=O) groups is 2. The Bertz CT molecular complexity index is 817. The lowest BCUT2D eigenvalue weighted by Crippen LogP contribution is -2.37. The number of benzene rings is 2. The third kappa shape index (κ3) is 4.53. The van der Waals surface area contributed by atoms with Crippen molar-refractivity contribution in [3.8, 4) is 11.5 Å². The maximum atomic E-state index is 12.2. The second-order valence-corrected chi connectivity index (χ2v) is 6.08. The van der Waals surface area contributed by atoms with Crippen LogP contribution in [0.2, 0.25) is 0 Å². The Hall–Kier alpha value is -3.02. The van der Waals surface area contributed by atoms with Gasteiger partial charge in [-0.1, -0.05) is 17.7 Å². The van der Waals surface area contributed by atoms with Crippen LogP contribution in [0.15, 0.2) is 36.4 Å². The van der Waals surface area contributed by atoms with E-state index in [1.165, 1.54) is 0 Å². The summed E-state index contributed by atoms with van der Waals surface area (Å²) < 4.78 is 10.5. The molecule has 0 saturated heterocycles. The number of methoxy groups -OCH3 is 2. The third-order valence-corrected chi connectivity index (χ3v) is 4.09. The first-order chi connectivity index (χ1) is 12.3. The molecular weight excluding hydrogens is 332 g/mol. The Morgan fingerprint density at radius 2 is 1.69 bits per heavy atom. The second kappa shape index (κ2) is 8.38. The molecule has 138 valence electrons. The molecule has 6 heteroatoms. The van der Waals surface area contributed by atoms with Gasteiger partial charge in [0.25, 0.3) is 0 Å². The monoisotopic (exact) mass is 356 g/mol. The van der Waals surface area contributed by atoms with Crippen molar-refractivity contribution in [2.75, 3.05) is 19.5 Å². The number of amides is 2. The summed E-state index contributed by atoms with van der Waals surface area (Å²) in [5, 5.41) is 5.33. The predicted octanol–water partition coefficient (Wildman–Crippen LogP) is 3.14. The molecule has 0 aliphatic heterocycles. The van der Waals surface area contributed by atoms with E-state index < -0.39 is 17.9 Å². The zero-order chi connectivity index (χ0) is 19.3. The van der Waals surface area contributed by atoms with Crippen molar-refractivity contribution in [1.29, 1.82) is 0 Å². The van der Waals surface area contributed by atoms with Crippen LogP contribution in [0.25, 0.3) is 0 Å². The third-order valence-electron chi connectivity index (χ3n) is 4.09. The summed E-state index contributed by atoms with van der Waals surface area (Å²) >= 11 is 0. The van der Waals surface area contributed by atoms with E-state index in [-0.39, 0.29) is 0 Å². The first-order valence-corrected chi connectivity index (χ1v) is 8.26. The number of aryl methyl sites for hydroxylation is 2. The molecule has 26 heavy (non-hydrogen) atoms. The van der Waals surface area contributed by atoms with Crippen molar-refractivity contribution in [3.05, 3.63) is 53.1 Å². The van der Waals surface area contributed by atoms with Crippen molar-refractivity contribution in [2.45, 2.75) is 26.8 Å². The number of anilines is 1. The van der Waals surface area contributed by atoms with Gasteiger partial charge in [-0.05, 0) is 44.5 Å². The lowest BCUT2D eigenvalue weighted by molar-refractivity contribution is -0.136. The molecule has 0 aliphatic carbocycles. The second-order valence-electron chi connectivity index (χ2n) is 6.08. The van der Waals surface area contributed by atoms with Crippen LogP contribution < -0.4 is 20.1 Å². The summed E-state index contributed by atoms with van der Waals surface area (Å²) in [6.07, 6.45) is 0. The Labute approximate surface area is 153 Å². The normalized spacial score (nSPS) is 11.4. The molecular formula is C20H24N2O4. The topological polar surface area (TPSA) is 76.7 Å². The Kier molecular flexibility index (Phi) is 6.22. The van der Waals surface area contributed by atoms with Crippen LogP contribution in [0.4, 0.5) is 5.69 Å². The number of rotatable bonds is 5. The standard InChI is InChI=1S/C20H24N2O4/c1-12-6-9-17(13(2)10-12)22-20(24)19(23)21-14(3)16-8-7-15(25-4)11-18(16)26-5/h6-11,14H,1-5H3,(H,21,23)(H,22,24). The van der Waals surface area contributed by atoms with Crippen LogP contribution in [0.1, 0.15) is 29.7 Å². The van der Waals surface area contributed by atoms with Crippen molar-refractivity contribution in [3.63, 3.8) is 0 Å². The average molecular weight is 356 g/mol. The summed E-state index contributed by atoms with van der Waals surface area (Å²) in [7, 11) is 3.11. The van der Waals surface area contributed by atoms with Crippen LogP contribution in [0.5, 0.6) is 11.5 Å². The van der Waals surface area contributed by atoms with Crippen molar-refractivity contribution in [2.24, 2.45) is 0 Å². The maximum absolute atomic E-state index is 12.2. The van der Waals surface area contributed by atoms with E-state index in [1.54, 1.807) is 45.4 Å². The fourth-order valence-electron chi connectivity index (χ4n) is 2.65. The highest BCUT2D eigenvalue weighted by atomic mass is 16.5. The molecule has 2 N–H and O–H groups in total. The Balaban J connectivity index is 2.07. The summed E-state index contributed by atoms with van der Waals surface area (Å²) in [5.74, 6) is -0.199. The van der Waals surface area contributed by atoms with Gasteiger partial charge in [-0.3, -0.25) is 9.59 Å². The van der Waals surface area contributed by atoms with E-state index in [4.69, 9.17) is 9.47 Å². The molecule has 2 aromatic carbocycles. The first-order valence-electron chi connectivity index (χ1n) is 8.26. The fraction of sp³-hybridized carbons (Fsp3) is 0.300. The van der Waals surface area contributed by atoms with Gasteiger partial charge in [0.05, 0.1) is 20.3 Å². The number of nitrogens with one attached hydrogen (secondary N) is 2. The largest absolute Gasteiger partial charge is 0.497 e. The smallest absolute Gasteiger partial charge is 0.313 e. The highest BCUT2D eigenvalue weighted by molar-refractivity contribution is 6.39. The highest BCUT2D eigenvalue weighted by Gasteiger charge is 2.20. The molecule has 1 atom stereocenters. The van der Waals surface area contributed by atoms with Crippen LogP contribution in [0.3, 0.4) is 0 Å². The van der Waals surface area contributed by atoms with E-state index in [0.717, 1.165) is 16.7 Å². The highest BCUT2D eigenvalue weighted by Crippen LogP contribution is 2.29. The molecule has 0 aromatic heterocycles. The number of carbonyl (C=O) groups excluding carboxylic acids is 2. The van der Waals surface area contributed by atoms with E-state index in [9.17, 15) is 9.59 Å². The lowest BCUT2D eigenvalue weighted by atomic mass is 10.1. The molecule has 0 fully saturated rings. The average Bonchev–Trinajstić information content (AvgIpc) is 2.63. The van der Waals surface area contributed by atoms with Gasteiger partial charge in [-0.25, -0.2) is 0 Å². The summed E-state index contributed by atoms with van der Waals surface area (Å²) in [5.41, 5.74) is 3.35. The zero-order valence-electron chi connectivity index (χ0n) is 15.7. The molecule has 2 rings (SSSR count). The summed E-state index contributed by atoms with van der Waals surface area (Å²) in [6.45, 7) is 5.63. The molecule has 1 unspecified atom stereocenters. The molecule has 0 saturated carbocycles. The minimum Gasteiger partial charge on any atom is -0.497 e. The molecule has 0 radical (unpaired) electrons. The zero-order valence-corrected chi connectivity index (χ0v) is 15.7. The minimum absolute atomic E-state index is 0.409. The van der Waals surface area contributed by atoms with Gasteiger partial charge in [-0.15, -0.1) is 0 Å². The summed E-state index contributed by atoms with van der Waals surface area (Å²) in [6, 6.07) is 10.5. The minimum atomic E-state index is -0.713. The molecule has 0 heterocycles. The summed E-state index contributed by atoms with van der Waals surface area (Å²) in [4.78, 5) is 24.4. The van der Waals surface area contributed by atoms with Gasteiger partial charge >= 0.3 is 11.8 Å². The van der Waals surface area contributed by atoms with Gasteiger partial charge < -0.3 is 20.1 Å². The van der Waals surface area contributed by atoms with Gasteiger partial charge in [0.1, 0.15) is 11.5 Å². The predicted molar refractivity (Wildman–Crippen MR) is 101 cm³/mol. The van der Waals surface area contributed by atoms with Gasteiger partial charge in [0.15, 0.2) is 0 Å². The molecule has 0 aliphatic rings. The molecule has 2 aromatic rings. The molecule has 0 bridgehead atoms. The van der Waals surface area contributed by atoms with Gasteiger partial charge in [0, 0.05) is 17.3 Å². The molecule has 2 amide bonds. The van der Waals surface area contributed by atoms with E-state index >= 15 is 0 Å². The lowest BCUT2D eigenvalue weighted by Gasteiger charge is -2.18.